The molecule has 0 aliphatic heterocycles. The number of pyridine rings is 1. The van der Waals surface area contributed by atoms with Gasteiger partial charge in [0.25, 0.3) is 0 Å². The molecule has 0 fully saturated rings. The zero-order valence-corrected chi connectivity index (χ0v) is 20.6. The monoisotopic (exact) mass is 491 g/mol. The third kappa shape index (κ3) is 7.43. The lowest BCUT2D eigenvalue weighted by Crippen LogP contribution is -2.37. The minimum atomic E-state index is -3.31. The zero-order chi connectivity index (χ0) is 24.7. The van der Waals surface area contributed by atoms with Gasteiger partial charge in [0.05, 0.1) is 24.1 Å². The van der Waals surface area contributed by atoms with E-state index in [1.807, 2.05) is 61.6 Å². The van der Waals surface area contributed by atoms with Crippen LogP contribution in [0.2, 0.25) is 0 Å². The van der Waals surface area contributed by atoms with Crippen LogP contribution in [0, 0.1) is 0 Å². The third-order valence-electron chi connectivity index (χ3n) is 5.37. The molecule has 1 aromatic heterocycles. The molecule has 1 N–H and O–H groups in total. The smallest absolute Gasteiger partial charge is 0.229 e. The molecule has 0 bridgehead atoms. The first-order valence-corrected chi connectivity index (χ1v) is 13.2. The molecule has 1 heterocycles. The average molecular weight is 492 g/mol. The van der Waals surface area contributed by atoms with Crippen LogP contribution in [0.5, 0.6) is 11.5 Å². The van der Waals surface area contributed by atoms with Crippen molar-refractivity contribution in [2.24, 2.45) is 0 Å². The van der Waals surface area contributed by atoms with Gasteiger partial charge in [-0.3, -0.25) is 14.6 Å². The molecule has 8 heteroatoms. The van der Waals surface area contributed by atoms with Crippen molar-refractivity contribution in [1.82, 2.24) is 9.88 Å². The molecule has 0 amide bonds. The summed E-state index contributed by atoms with van der Waals surface area (Å²) in [6.45, 7) is 1.04. The summed E-state index contributed by atoms with van der Waals surface area (Å²) in [5.41, 5.74) is 2.42. The number of nitrogens with zero attached hydrogens (tertiary/aromatic N) is 2. The molecule has 3 aromatic carbocycles. The quantitative estimate of drug-likeness (QED) is 0.300. The highest BCUT2D eigenvalue weighted by molar-refractivity contribution is 7.92. The molecule has 0 saturated heterocycles. The first-order valence-electron chi connectivity index (χ1n) is 11.3. The number of fused-ring (bicyclic) bond motifs is 1. The summed E-state index contributed by atoms with van der Waals surface area (Å²) in [6.07, 6.45) is 1.49. The number of sulfonamides is 1. The van der Waals surface area contributed by atoms with Gasteiger partial charge in [-0.1, -0.05) is 42.5 Å². The molecule has 4 aromatic rings. The second-order valence-corrected chi connectivity index (χ2v) is 10.1. The Morgan fingerprint density at radius 1 is 0.886 bits per heavy atom. The summed E-state index contributed by atoms with van der Waals surface area (Å²) in [5.74, 6) is 1.44. The number of anilines is 1. The zero-order valence-electron chi connectivity index (χ0n) is 19.8. The Morgan fingerprint density at radius 3 is 2.34 bits per heavy atom. The Bertz CT molecular complexity index is 1350. The Hall–Kier alpha value is -3.62. The van der Waals surface area contributed by atoms with Gasteiger partial charge in [0.1, 0.15) is 11.5 Å². The fraction of sp³-hybridized carbons (Fsp3) is 0.222. The molecule has 0 radical (unpaired) electrons. The highest BCUT2D eigenvalue weighted by Gasteiger charge is 2.18. The number of hydrogen-bond donors (Lipinski definition) is 1. The number of benzene rings is 3. The van der Waals surface area contributed by atoms with E-state index in [0.717, 1.165) is 28.6 Å². The Balaban J connectivity index is 1.41. The van der Waals surface area contributed by atoms with Crippen molar-refractivity contribution in [2.45, 2.75) is 19.2 Å². The van der Waals surface area contributed by atoms with Gasteiger partial charge >= 0.3 is 0 Å². The number of para-hydroxylation sites is 2. The maximum Gasteiger partial charge on any atom is 0.229 e. The SMILES string of the molecule is CN(Cc1ccc2ccccc2n1)C(CCOc1ccc(NS(C)(=O)=O)cc1)Oc1ccccc1. The van der Waals surface area contributed by atoms with Gasteiger partial charge in [-0.25, -0.2) is 8.42 Å². The van der Waals surface area contributed by atoms with E-state index in [-0.39, 0.29) is 6.23 Å². The van der Waals surface area contributed by atoms with Gasteiger partial charge in [-0.2, -0.15) is 0 Å². The second-order valence-electron chi connectivity index (χ2n) is 8.33. The predicted octanol–water partition coefficient (Wildman–Crippen LogP) is 4.91. The summed E-state index contributed by atoms with van der Waals surface area (Å²) < 4.78 is 37.4. The predicted molar refractivity (Wildman–Crippen MR) is 139 cm³/mol. The van der Waals surface area contributed by atoms with Crippen molar-refractivity contribution in [1.29, 1.82) is 0 Å². The van der Waals surface area contributed by atoms with Crippen LogP contribution in [0.1, 0.15) is 12.1 Å². The van der Waals surface area contributed by atoms with Crippen LogP contribution in [0.4, 0.5) is 5.69 Å². The Morgan fingerprint density at radius 2 is 1.60 bits per heavy atom. The standard InChI is InChI=1S/C27H29N3O4S/c1-30(20-23-13-12-21-8-6-7-11-26(21)28-23)27(34-25-9-4-3-5-10-25)18-19-33-24-16-14-22(15-17-24)29-35(2,31)32/h3-17,27,29H,18-20H2,1-2H3. The van der Waals surface area contributed by atoms with E-state index in [1.54, 1.807) is 24.3 Å². The van der Waals surface area contributed by atoms with Gasteiger partial charge < -0.3 is 9.47 Å². The van der Waals surface area contributed by atoms with Crippen molar-refractivity contribution in [3.8, 4) is 11.5 Å². The van der Waals surface area contributed by atoms with E-state index >= 15 is 0 Å². The van der Waals surface area contributed by atoms with Crippen molar-refractivity contribution < 1.29 is 17.9 Å². The fourth-order valence-corrected chi connectivity index (χ4v) is 4.25. The summed E-state index contributed by atoms with van der Waals surface area (Å²) in [4.78, 5) is 6.91. The topological polar surface area (TPSA) is 80.8 Å². The summed E-state index contributed by atoms with van der Waals surface area (Å²) >= 11 is 0. The maximum atomic E-state index is 11.4. The lowest BCUT2D eigenvalue weighted by atomic mass is 10.2. The molecule has 7 nitrogen and oxygen atoms in total. The fourth-order valence-electron chi connectivity index (χ4n) is 3.69. The van der Waals surface area contributed by atoms with Gasteiger partial charge in [-0.05, 0) is 55.6 Å². The number of ether oxygens (including phenoxy) is 2. The van der Waals surface area contributed by atoms with Crippen molar-refractivity contribution in [2.75, 3.05) is 24.6 Å². The first kappa shape index (κ1) is 24.5. The van der Waals surface area contributed by atoms with E-state index in [0.29, 0.717) is 31.0 Å². The summed E-state index contributed by atoms with van der Waals surface area (Å²) in [6, 6.07) is 28.7. The molecule has 0 aliphatic carbocycles. The van der Waals surface area contributed by atoms with Crippen molar-refractivity contribution in [3.63, 3.8) is 0 Å². The van der Waals surface area contributed by atoms with Crippen LogP contribution in [0.25, 0.3) is 10.9 Å². The van der Waals surface area contributed by atoms with E-state index in [9.17, 15) is 8.42 Å². The first-order chi connectivity index (χ1) is 16.9. The van der Waals surface area contributed by atoms with Crippen LogP contribution in [-0.4, -0.2) is 44.4 Å². The molecular weight excluding hydrogens is 462 g/mol. The van der Waals surface area contributed by atoms with E-state index < -0.39 is 10.0 Å². The third-order valence-corrected chi connectivity index (χ3v) is 5.97. The minimum absolute atomic E-state index is 0.239. The molecule has 0 saturated carbocycles. The Kier molecular flexibility index (Phi) is 7.84. The summed E-state index contributed by atoms with van der Waals surface area (Å²) in [5, 5.41) is 1.11. The van der Waals surface area contributed by atoms with Crippen LogP contribution in [-0.2, 0) is 16.6 Å². The van der Waals surface area contributed by atoms with E-state index in [4.69, 9.17) is 14.5 Å². The van der Waals surface area contributed by atoms with Crippen LogP contribution >= 0.6 is 0 Å². The number of aromatic nitrogens is 1. The van der Waals surface area contributed by atoms with Gasteiger partial charge in [0, 0.05) is 24.0 Å². The Labute approximate surface area is 206 Å². The van der Waals surface area contributed by atoms with Crippen LogP contribution in [0.15, 0.2) is 91.0 Å². The highest BCUT2D eigenvalue weighted by atomic mass is 32.2. The highest BCUT2D eigenvalue weighted by Crippen LogP contribution is 2.20. The molecule has 1 unspecified atom stereocenters. The molecule has 0 spiro atoms. The number of rotatable bonds is 11. The van der Waals surface area contributed by atoms with Crippen LogP contribution in [0.3, 0.4) is 0 Å². The number of nitrogens with one attached hydrogen (secondary N) is 1. The van der Waals surface area contributed by atoms with Crippen LogP contribution < -0.4 is 14.2 Å². The van der Waals surface area contributed by atoms with E-state index in [2.05, 4.69) is 21.8 Å². The van der Waals surface area contributed by atoms with Crippen molar-refractivity contribution >= 4 is 26.6 Å². The molecule has 0 aliphatic rings. The normalized spacial score (nSPS) is 12.4. The lowest BCUT2D eigenvalue weighted by Gasteiger charge is -2.28. The molecule has 4 rings (SSSR count). The minimum Gasteiger partial charge on any atom is -0.493 e. The molecule has 35 heavy (non-hydrogen) atoms. The second kappa shape index (κ2) is 11.2. The lowest BCUT2D eigenvalue weighted by molar-refractivity contribution is 0.0215. The van der Waals surface area contributed by atoms with Crippen molar-refractivity contribution in [3.05, 3.63) is 96.7 Å². The summed E-state index contributed by atoms with van der Waals surface area (Å²) in [7, 11) is -1.30. The van der Waals surface area contributed by atoms with E-state index in [1.165, 1.54) is 0 Å². The maximum absolute atomic E-state index is 11.4. The van der Waals surface area contributed by atoms with Gasteiger partial charge in [0.2, 0.25) is 10.0 Å². The van der Waals surface area contributed by atoms with Gasteiger partial charge in [-0.15, -0.1) is 0 Å². The van der Waals surface area contributed by atoms with Gasteiger partial charge in [0.15, 0.2) is 6.23 Å². The largest absolute Gasteiger partial charge is 0.493 e. The molecule has 1 atom stereocenters. The number of hydrogen-bond acceptors (Lipinski definition) is 6. The molecular formula is C27H29N3O4S. The molecule has 182 valence electrons. The average Bonchev–Trinajstić information content (AvgIpc) is 2.84.